The topological polar surface area (TPSA) is 78.9 Å². The van der Waals surface area contributed by atoms with E-state index in [2.05, 4.69) is 0 Å². The third-order valence-electron chi connectivity index (χ3n) is 8.24. The van der Waals surface area contributed by atoms with E-state index in [1.165, 1.54) is 0 Å². The smallest absolute Gasteiger partial charge is 0.315 e. The van der Waals surface area contributed by atoms with Crippen LogP contribution in [0.2, 0.25) is 0 Å². The summed E-state index contributed by atoms with van der Waals surface area (Å²) < 4.78 is 23.3. The van der Waals surface area contributed by atoms with Crippen molar-refractivity contribution >= 4 is 55.4 Å². The lowest BCUT2D eigenvalue weighted by molar-refractivity contribution is -0.134. The highest BCUT2D eigenvalue weighted by Gasteiger charge is 2.19. The predicted octanol–water partition coefficient (Wildman–Crippen LogP) is 9.45. The highest BCUT2D eigenvalue weighted by Crippen LogP contribution is 2.36. The molecule has 0 aliphatic rings. The first-order valence-electron chi connectivity index (χ1n) is 15.0. The molecule has 0 fully saturated rings. The van der Waals surface area contributed by atoms with Crippen molar-refractivity contribution in [3.05, 3.63) is 145 Å². The summed E-state index contributed by atoms with van der Waals surface area (Å²) in [5.74, 6) is -0.162. The van der Waals surface area contributed by atoms with Crippen molar-refractivity contribution in [1.82, 2.24) is 0 Å². The summed E-state index contributed by atoms with van der Waals surface area (Å²) >= 11 is 0. The van der Waals surface area contributed by atoms with Crippen molar-refractivity contribution in [2.45, 2.75) is 12.8 Å². The van der Waals surface area contributed by atoms with Crippen LogP contribution in [0.3, 0.4) is 0 Å². The molecule has 0 aliphatic heterocycles. The molecule has 222 valence electrons. The third-order valence-corrected chi connectivity index (χ3v) is 8.24. The molecule has 6 aromatic carbocycles. The number of furan rings is 2. The van der Waals surface area contributed by atoms with E-state index < -0.39 is 11.9 Å². The van der Waals surface area contributed by atoms with Gasteiger partial charge in [-0.15, -0.1) is 0 Å². The SMILES string of the molecule is O=C(Cc1coc2ccc3ccccc3c12)Oc1ccc(OC(=O)Cc2coc3ccc4ccccc4c23)c(-c2ccccc2)c1. The van der Waals surface area contributed by atoms with Crippen LogP contribution in [-0.2, 0) is 22.4 Å². The monoisotopic (exact) mass is 602 g/mol. The minimum Gasteiger partial charge on any atom is -0.464 e. The Hall–Kier alpha value is -6.14. The highest BCUT2D eigenvalue weighted by molar-refractivity contribution is 6.09. The van der Waals surface area contributed by atoms with Gasteiger partial charge in [0.25, 0.3) is 0 Å². The average molecular weight is 603 g/mol. The van der Waals surface area contributed by atoms with E-state index in [-0.39, 0.29) is 12.8 Å². The van der Waals surface area contributed by atoms with Gasteiger partial charge in [-0.25, -0.2) is 0 Å². The largest absolute Gasteiger partial charge is 0.464 e. The summed E-state index contributed by atoms with van der Waals surface area (Å²) in [5, 5.41) is 5.98. The van der Waals surface area contributed by atoms with Gasteiger partial charge >= 0.3 is 11.9 Å². The molecule has 0 unspecified atom stereocenters. The van der Waals surface area contributed by atoms with E-state index in [9.17, 15) is 9.59 Å². The Balaban J connectivity index is 1.06. The maximum Gasteiger partial charge on any atom is 0.315 e. The van der Waals surface area contributed by atoms with Crippen LogP contribution in [0.15, 0.2) is 143 Å². The Labute approximate surface area is 263 Å². The zero-order valence-corrected chi connectivity index (χ0v) is 24.6. The molecular weight excluding hydrogens is 576 g/mol. The standard InChI is InChI=1S/C40H26O6/c41-37(20-28-23-43-35-17-14-26-10-4-6-12-31(26)39(28)35)45-30-16-19-34(33(22-30)25-8-2-1-3-9-25)46-38(42)21-29-24-44-36-18-15-27-11-5-7-13-32(27)40(29)36/h1-19,22-24H,20-21H2. The Morgan fingerprint density at radius 2 is 1.09 bits per heavy atom. The maximum absolute atomic E-state index is 13.3. The van der Waals surface area contributed by atoms with Crippen molar-refractivity contribution in [2.24, 2.45) is 0 Å². The van der Waals surface area contributed by atoms with Crippen LogP contribution >= 0.6 is 0 Å². The van der Waals surface area contributed by atoms with E-state index in [1.54, 1.807) is 30.7 Å². The summed E-state index contributed by atoms with van der Waals surface area (Å²) in [7, 11) is 0. The van der Waals surface area contributed by atoms with Gasteiger partial charge in [-0.3, -0.25) is 9.59 Å². The van der Waals surface area contributed by atoms with Crippen LogP contribution in [-0.4, -0.2) is 11.9 Å². The van der Waals surface area contributed by atoms with Gasteiger partial charge in [0.2, 0.25) is 0 Å². The van der Waals surface area contributed by atoms with Gasteiger partial charge in [-0.1, -0.05) is 91.0 Å². The second-order valence-corrected chi connectivity index (χ2v) is 11.2. The lowest BCUT2D eigenvalue weighted by atomic mass is 10.0. The van der Waals surface area contributed by atoms with Gasteiger partial charge in [0.1, 0.15) is 22.7 Å². The molecule has 0 aliphatic carbocycles. The van der Waals surface area contributed by atoms with Gasteiger partial charge in [0.05, 0.1) is 25.4 Å². The molecule has 0 bridgehead atoms. The van der Waals surface area contributed by atoms with E-state index in [4.69, 9.17) is 18.3 Å². The molecule has 0 atom stereocenters. The molecule has 8 rings (SSSR count). The number of benzene rings is 6. The summed E-state index contributed by atoms with van der Waals surface area (Å²) in [4.78, 5) is 26.5. The number of hydrogen-bond acceptors (Lipinski definition) is 6. The molecule has 8 aromatic rings. The molecule has 6 heteroatoms. The van der Waals surface area contributed by atoms with Gasteiger partial charge < -0.3 is 18.3 Å². The predicted molar refractivity (Wildman–Crippen MR) is 178 cm³/mol. The summed E-state index contributed by atoms with van der Waals surface area (Å²) in [6.07, 6.45) is 3.29. The molecule has 2 heterocycles. The fraction of sp³-hybridized carbons (Fsp3) is 0.0500. The van der Waals surface area contributed by atoms with Crippen molar-refractivity contribution in [3.63, 3.8) is 0 Å². The first-order chi connectivity index (χ1) is 22.6. The van der Waals surface area contributed by atoms with Gasteiger partial charge in [-0.05, 0) is 57.4 Å². The van der Waals surface area contributed by atoms with Crippen LogP contribution in [0.4, 0.5) is 0 Å². The Kier molecular flexibility index (Phi) is 6.80. The van der Waals surface area contributed by atoms with Gasteiger partial charge in [0.15, 0.2) is 0 Å². The fourth-order valence-corrected chi connectivity index (χ4v) is 6.15. The molecule has 0 radical (unpaired) electrons. The highest BCUT2D eigenvalue weighted by atomic mass is 16.5. The zero-order valence-electron chi connectivity index (χ0n) is 24.6. The first kappa shape index (κ1) is 27.4. The second-order valence-electron chi connectivity index (χ2n) is 11.2. The van der Waals surface area contributed by atoms with Gasteiger partial charge in [0, 0.05) is 27.5 Å². The molecule has 0 spiro atoms. The van der Waals surface area contributed by atoms with Crippen LogP contribution in [0.25, 0.3) is 54.6 Å². The first-order valence-corrected chi connectivity index (χ1v) is 15.0. The van der Waals surface area contributed by atoms with E-state index in [0.717, 1.165) is 54.6 Å². The van der Waals surface area contributed by atoms with Crippen LogP contribution < -0.4 is 9.47 Å². The van der Waals surface area contributed by atoms with Crippen molar-refractivity contribution in [2.75, 3.05) is 0 Å². The molecule has 0 amide bonds. The fourth-order valence-electron chi connectivity index (χ4n) is 6.15. The molecule has 0 N–H and O–H groups in total. The zero-order chi connectivity index (χ0) is 31.0. The molecule has 0 saturated carbocycles. The number of esters is 2. The number of rotatable bonds is 7. The number of fused-ring (bicyclic) bond motifs is 6. The van der Waals surface area contributed by atoms with Crippen molar-refractivity contribution in [3.8, 4) is 22.6 Å². The van der Waals surface area contributed by atoms with Crippen LogP contribution in [0.5, 0.6) is 11.5 Å². The maximum atomic E-state index is 13.3. The summed E-state index contributed by atoms with van der Waals surface area (Å²) in [5.41, 5.74) is 4.38. The quantitative estimate of drug-likeness (QED) is 0.134. The number of carbonyl (C=O) groups is 2. The summed E-state index contributed by atoms with van der Waals surface area (Å²) in [6.45, 7) is 0. The van der Waals surface area contributed by atoms with Gasteiger partial charge in [-0.2, -0.15) is 0 Å². The minimum absolute atomic E-state index is 0.0271. The van der Waals surface area contributed by atoms with E-state index in [0.29, 0.717) is 22.6 Å². The molecular formula is C40H26O6. The molecule has 46 heavy (non-hydrogen) atoms. The Morgan fingerprint density at radius 3 is 1.70 bits per heavy atom. The lowest BCUT2D eigenvalue weighted by Crippen LogP contribution is -2.13. The lowest BCUT2D eigenvalue weighted by Gasteiger charge is -2.13. The van der Waals surface area contributed by atoms with Crippen LogP contribution in [0.1, 0.15) is 11.1 Å². The van der Waals surface area contributed by atoms with E-state index >= 15 is 0 Å². The van der Waals surface area contributed by atoms with Crippen molar-refractivity contribution in [1.29, 1.82) is 0 Å². The summed E-state index contributed by atoms with van der Waals surface area (Å²) in [6, 6.07) is 38.4. The minimum atomic E-state index is -0.434. The number of hydrogen-bond donors (Lipinski definition) is 0. The Morgan fingerprint density at radius 1 is 0.543 bits per heavy atom. The molecule has 0 saturated heterocycles. The molecule has 2 aromatic heterocycles. The van der Waals surface area contributed by atoms with E-state index in [1.807, 2.05) is 103 Å². The van der Waals surface area contributed by atoms with Crippen LogP contribution in [0, 0.1) is 0 Å². The third kappa shape index (κ3) is 5.06. The average Bonchev–Trinajstić information content (AvgIpc) is 3.70. The molecule has 6 nitrogen and oxygen atoms in total. The number of ether oxygens (including phenoxy) is 2. The second kappa shape index (κ2) is 11.4. The number of carbonyl (C=O) groups excluding carboxylic acids is 2. The van der Waals surface area contributed by atoms with Crippen molar-refractivity contribution < 1.29 is 27.9 Å². The normalized spacial score (nSPS) is 11.4. The Bertz CT molecular complexity index is 2410.